The molecular formula is C52H29N5S. The van der Waals surface area contributed by atoms with Crippen LogP contribution in [0.15, 0.2) is 176 Å². The molecule has 0 N–H and O–H groups in total. The number of aromatic nitrogens is 5. The largest absolute Gasteiger partial charge is 0.309 e. The lowest BCUT2D eigenvalue weighted by Crippen LogP contribution is -2.02. The van der Waals surface area contributed by atoms with Gasteiger partial charge < -0.3 is 8.97 Å². The van der Waals surface area contributed by atoms with Gasteiger partial charge in [-0.05, 0) is 66.7 Å². The minimum Gasteiger partial charge on any atom is -0.309 e. The van der Waals surface area contributed by atoms with Crippen molar-refractivity contribution in [2.75, 3.05) is 0 Å². The first-order chi connectivity index (χ1) is 28.8. The maximum absolute atomic E-state index is 5.70. The summed E-state index contributed by atoms with van der Waals surface area (Å²) in [6.45, 7) is 0. The van der Waals surface area contributed by atoms with Gasteiger partial charge in [-0.15, -0.1) is 11.3 Å². The van der Waals surface area contributed by atoms with Crippen LogP contribution in [0, 0.1) is 0 Å². The SMILES string of the molecule is c1ccc(-n2c3ccccc3c3cc(-c4nc(-n5c6ccccc6c6cc7c8ccccc8n8c9ccccc9c(c65)c78)c5c(n4)sc4ccccc45)ccc32)cc1. The van der Waals surface area contributed by atoms with E-state index >= 15 is 0 Å². The van der Waals surface area contributed by atoms with Crippen LogP contribution in [0.5, 0.6) is 0 Å². The first-order valence-electron chi connectivity index (χ1n) is 19.7. The average molecular weight is 756 g/mol. The van der Waals surface area contributed by atoms with Gasteiger partial charge in [-0.25, -0.2) is 9.97 Å². The molecule has 0 spiro atoms. The predicted molar refractivity (Wildman–Crippen MR) is 244 cm³/mol. The Kier molecular flexibility index (Phi) is 5.85. The highest BCUT2D eigenvalue weighted by atomic mass is 32.1. The van der Waals surface area contributed by atoms with Gasteiger partial charge in [-0.2, -0.15) is 0 Å². The van der Waals surface area contributed by atoms with E-state index < -0.39 is 0 Å². The van der Waals surface area contributed by atoms with Gasteiger partial charge in [0.1, 0.15) is 4.83 Å². The number of nitrogens with zero attached hydrogens (tertiary/aromatic N) is 5. The lowest BCUT2D eigenvalue weighted by molar-refractivity contribution is 1.08. The van der Waals surface area contributed by atoms with Gasteiger partial charge in [-0.3, -0.25) is 4.57 Å². The summed E-state index contributed by atoms with van der Waals surface area (Å²) in [4.78, 5) is 12.1. The number of thiophene rings is 1. The van der Waals surface area contributed by atoms with Crippen LogP contribution < -0.4 is 0 Å². The number of fused-ring (bicyclic) bond motifs is 16. The molecule has 0 amide bonds. The fourth-order valence-corrected chi connectivity index (χ4v) is 11.1. The van der Waals surface area contributed by atoms with Crippen molar-refractivity contribution >= 4 is 113 Å². The molecule has 6 aromatic heterocycles. The zero-order valence-corrected chi connectivity index (χ0v) is 31.7. The fourth-order valence-electron chi connectivity index (χ4n) is 10.0. The number of hydrogen-bond donors (Lipinski definition) is 0. The van der Waals surface area contributed by atoms with Gasteiger partial charge in [0.25, 0.3) is 0 Å². The molecule has 268 valence electrons. The molecule has 8 aromatic carbocycles. The molecule has 58 heavy (non-hydrogen) atoms. The predicted octanol–water partition coefficient (Wildman–Crippen LogP) is 13.9. The maximum atomic E-state index is 5.70. The van der Waals surface area contributed by atoms with Crippen LogP contribution in [0.1, 0.15) is 0 Å². The maximum Gasteiger partial charge on any atom is 0.163 e. The third-order valence-electron chi connectivity index (χ3n) is 12.4. The van der Waals surface area contributed by atoms with Gasteiger partial charge in [0.2, 0.25) is 0 Å². The van der Waals surface area contributed by atoms with Crippen molar-refractivity contribution in [2.45, 2.75) is 0 Å². The van der Waals surface area contributed by atoms with Crippen molar-refractivity contribution in [1.82, 2.24) is 23.5 Å². The number of benzene rings is 8. The van der Waals surface area contributed by atoms with Crippen molar-refractivity contribution in [3.63, 3.8) is 0 Å². The van der Waals surface area contributed by atoms with E-state index in [4.69, 9.17) is 9.97 Å². The van der Waals surface area contributed by atoms with Crippen molar-refractivity contribution < 1.29 is 0 Å². The van der Waals surface area contributed by atoms with Crippen molar-refractivity contribution in [3.05, 3.63) is 176 Å². The van der Waals surface area contributed by atoms with E-state index in [2.05, 4.69) is 189 Å². The summed E-state index contributed by atoms with van der Waals surface area (Å²) in [7, 11) is 0. The lowest BCUT2D eigenvalue weighted by atomic mass is 10.0. The zero-order chi connectivity index (χ0) is 37.6. The van der Waals surface area contributed by atoms with Crippen LogP contribution in [0.25, 0.3) is 125 Å². The van der Waals surface area contributed by atoms with Crippen LogP contribution in [0.4, 0.5) is 0 Å². The van der Waals surface area contributed by atoms with E-state index in [1.807, 2.05) is 0 Å². The highest BCUT2D eigenvalue weighted by molar-refractivity contribution is 7.25. The molecule has 6 heterocycles. The third kappa shape index (κ3) is 3.85. The van der Waals surface area contributed by atoms with Gasteiger partial charge in [0.15, 0.2) is 11.6 Å². The molecule has 0 bridgehead atoms. The second kappa shape index (κ2) is 11.1. The summed E-state index contributed by atoms with van der Waals surface area (Å²) in [5.41, 5.74) is 10.5. The number of hydrogen-bond acceptors (Lipinski definition) is 3. The monoisotopic (exact) mass is 755 g/mol. The summed E-state index contributed by atoms with van der Waals surface area (Å²) < 4.78 is 8.48. The minimum atomic E-state index is 0.713. The Labute approximate surface area is 334 Å². The van der Waals surface area contributed by atoms with E-state index in [1.54, 1.807) is 11.3 Å². The standard InChI is InChI=1S/C52H29N5S/c1-2-14-31(15-3-1)55-40-21-9-4-16-32(40)37-28-30(26-27-44(37)55)50-53-51(47-36-20-8-13-25-45(36)58-52(47)54-50)57-42-23-11-6-18-34(42)39-29-38-33-17-5-10-22-41(33)56-43-24-12-7-19-35(43)46(48(38)56)49(39)57/h1-29H. The Morgan fingerprint density at radius 1 is 0.379 bits per heavy atom. The van der Waals surface area contributed by atoms with Crippen molar-refractivity contribution in [3.8, 4) is 22.9 Å². The molecule has 0 atom stereocenters. The van der Waals surface area contributed by atoms with Gasteiger partial charge in [-0.1, -0.05) is 109 Å². The molecule has 0 fully saturated rings. The third-order valence-corrected chi connectivity index (χ3v) is 13.4. The Morgan fingerprint density at radius 3 is 1.72 bits per heavy atom. The van der Waals surface area contributed by atoms with Gasteiger partial charge in [0.05, 0.1) is 44.0 Å². The summed E-state index contributed by atoms with van der Waals surface area (Å²) in [5.74, 6) is 1.61. The molecule has 14 rings (SSSR count). The Bertz CT molecular complexity index is 4030. The molecule has 0 saturated heterocycles. The highest BCUT2D eigenvalue weighted by Gasteiger charge is 2.27. The van der Waals surface area contributed by atoms with Crippen LogP contribution in [-0.4, -0.2) is 23.5 Å². The number of rotatable bonds is 3. The molecule has 5 nitrogen and oxygen atoms in total. The molecule has 6 heteroatoms. The Morgan fingerprint density at radius 2 is 0.948 bits per heavy atom. The summed E-state index contributed by atoms with van der Waals surface area (Å²) in [6, 6.07) is 63.7. The summed E-state index contributed by atoms with van der Waals surface area (Å²) in [6.07, 6.45) is 0. The molecular weight excluding hydrogens is 727 g/mol. The van der Waals surface area contributed by atoms with Crippen LogP contribution in [0.2, 0.25) is 0 Å². The van der Waals surface area contributed by atoms with Gasteiger partial charge >= 0.3 is 0 Å². The molecule has 0 aliphatic rings. The highest BCUT2D eigenvalue weighted by Crippen LogP contribution is 2.48. The van der Waals surface area contributed by atoms with E-state index in [9.17, 15) is 0 Å². The molecule has 0 aliphatic carbocycles. The quantitative estimate of drug-likeness (QED) is 0.180. The van der Waals surface area contributed by atoms with E-state index in [0.29, 0.717) is 5.82 Å². The fraction of sp³-hybridized carbons (Fsp3) is 0. The van der Waals surface area contributed by atoms with Crippen molar-refractivity contribution in [1.29, 1.82) is 0 Å². The Hall–Kier alpha value is -7.54. The van der Waals surface area contributed by atoms with Crippen LogP contribution in [0.3, 0.4) is 0 Å². The van der Waals surface area contributed by atoms with E-state index in [-0.39, 0.29) is 0 Å². The van der Waals surface area contributed by atoms with Crippen molar-refractivity contribution in [2.24, 2.45) is 0 Å². The van der Waals surface area contributed by atoms with E-state index in [1.165, 1.54) is 80.8 Å². The van der Waals surface area contributed by atoms with E-state index in [0.717, 1.165) is 38.3 Å². The number of para-hydroxylation sites is 5. The first-order valence-corrected chi connectivity index (χ1v) is 20.5. The zero-order valence-electron chi connectivity index (χ0n) is 30.9. The minimum absolute atomic E-state index is 0.713. The molecule has 0 radical (unpaired) electrons. The second-order valence-corrected chi connectivity index (χ2v) is 16.4. The summed E-state index contributed by atoms with van der Waals surface area (Å²) in [5, 5.41) is 12.1. The Balaban J connectivity index is 1.14. The second-order valence-electron chi connectivity index (χ2n) is 15.3. The molecule has 14 aromatic rings. The van der Waals surface area contributed by atoms with Crippen LogP contribution in [-0.2, 0) is 0 Å². The first kappa shape index (κ1) is 30.7. The average Bonchev–Trinajstić information content (AvgIpc) is 4.08. The summed E-state index contributed by atoms with van der Waals surface area (Å²) >= 11 is 1.74. The molecule has 0 saturated carbocycles. The molecule has 0 unspecified atom stereocenters. The normalized spacial score (nSPS) is 12.5. The smallest absolute Gasteiger partial charge is 0.163 e. The topological polar surface area (TPSA) is 40.0 Å². The lowest BCUT2D eigenvalue weighted by Gasteiger charge is -2.12. The van der Waals surface area contributed by atoms with Crippen LogP contribution >= 0.6 is 11.3 Å². The van der Waals surface area contributed by atoms with Gasteiger partial charge in [0, 0.05) is 64.4 Å². The molecule has 0 aliphatic heterocycles.